The summed E-state index contributed by atoms with van der Waals surface area (Å²) in [6.07, 6.45) is 7.12. The number of ether oxygens (including phenoxy) is 8. The van der Waals surface area contributed by atoms with Crippen molar-refractivity contribution in [3.05, 3.63) is 99.1 Å². The van der Waals surface area contributed by atoms with E-state index in [0.717, 1.165) is 44.5 Å². The number of allylic oxidation sites excluding steroid dienone is 1. The first kappa shape index (κ1) is 41.1. The first-order valence-electron chi connectivity index (χ1n) is 19.9. The van der Waals surface area contributed by atoms with Crippen molar-refractivity contribution in [2.45, 2.75) is 57.0 Å². The first-order valence-corrected chi connectivity index (χ1v) is 19.9. The van der Waals surface area contributed by atoms with Gasteiger partial charge in [-0.1, -0.05) is 12.2 Å². The van der Waals surface area contributed by atoms with Gasteiger partial charge in [-0.3, -0.25) is 9.59 Å². The van der Waals surface area contributed by atoms with Crippen molar-refractivity contribution >= 4 is 17.9 Å². The number of methoxy groups -OCH3 is 8. The standard InChI is InChI=1S/C47H54N2O10/c1-52-38-20-28-10-9-11-29-21-39(53-2)43(57-6)25-33(29)19-37-35-27-45(59-8)41(55-4)23-31(35)15-17-49(37)47(51)13-12-46(50)48-16-14-30-22-40(54-3)44(58-7)26-34(30)36(48)18-32(28)24-42(38)56-5/h9-10,20-27,36-37H,11-19H2,1-8H3/b10-9+/t36-,37-/m0/s1. The number of carbonyl (C=O) groups excluding carboxylic acids is 2. The highest BCUT2D eigenvalue weighted by Crippen LogP contribution is 2.44. The summed E-state index contributed by atoms with van der Waals surface area (Å²) in [5.41, 5.74) is 8.05. The summed E-state index contributed by atoms with van der Waals surface area (Å²) >= 11 is 0. The summed E-state index contributed by atoms with van der Waals surface area (Å²) in [4.78, 5) is 33.0. The third-order valence-corrected chi connectivity index (χ3v) is 12.0. The van der Waals surface area contributed by atoms with Gasteiger partial charge in [0.2, 0.25) is 11.8 Å². The van der Waals surface area contributed by atoms with Crippen molar-refractivity contribution in [1.82, 2.24) is 9.80 Å². The molecule has 3 aliphatic heterocycles. The number of amides is 2. The Labute approximate surface area is 346 Å². The van der Waals surface area contributed by atoms with Gasteiger partial charge in [-0.2, -0.15) is 0 Å². The largest absolute Gasteiger partial charge is 0.493 e. The maximum absolute atomic E-state index is 14.6. The SMILES string of the molecule is COc1cc2c(cc1OC)C[C@H]1c3cc(OC)c(OC)cc3CCN1C(=O)CCC(=O)N1CCc3cc(OC)c(OC)cc3[C@@H]1Cc1cc(OC)c(OC)cc1C/C=C/2. The van der Waals surface area contributed by atoms with Gasteiger partial charge in [0.15, 0.2) is 46.0 Å². The number of carbonyl (C=O) groups is 2. The molecule has 2 amide bonds. The average molecular weight is 807 g/mol. The lowest BCUT2D eigenvalue weighted by molar-refractivity contribution is -0.140. The van der Waals surface area contributed by atoms with Crippen LogP contribution in [0.4, 0.5) is 0 Å². The summed E-state index contributed by atoms with van der Waals surface area (Å²) in [6.45, 7) is 0.974. The van der Waals surface area contributed by atoms with Crippen molar-refractivity contribution in [2.24, 2.45) is 0 Å². The molecular weight excluding hydrogens is 753 g/mol. The zero-order chi connectivity index (χ0) is 41.8. The Balaban J connectivity index is 1.40. The molecule has 0 radical (unpaired) electrons. The van der Waals surface area contributed by atoms with Crippen LogP contribution in [0.1, 0.15) is 69.4 Å². The summed E-state index contributed by atoms with van der Waals surface area (Å²) < 4.78 is 46.1. The molecule has 3 aliphatic rings. The Kier molecular flexibility index (Phi) is 12.4. The summed E-state index contributed by atoms with van der Waals surface area (Å²) in [5, 5.41) is 0. The Bertz CT molecular complexity index is 2250. The summed E-state index contributed by atoms with van der Waals surface area (Å²) in [5.74, 6) is 4.67. The molecule has 2 atom stereocenters. The van der Waals surface area contributed by atoms with E-state index >= 15 is 0 Å². The Morgan fingerprint density at radius 2 is 0.780 bits per heavy atom. The second-order valence-electron chi connectivity index (χ2n) is 14.9. The number of benzene rings is 4. The van der Waals surface area contributed by atoms with Crippen LogP contribution in [0.5, 0.6) is 46.0 Å². The van der Waals surface area contributed by atoms with E-state index in [9.17, 15) is 9.59 Å². The molecule has 0 saturated carbocycles. The van der Waals surface area contributed by atoms with Crippen LogP contribution < -0.4 is 37.9 Å². The van der Waals surface area contributed by atoms with Gasteiger partial charge in [0, 0.05) is 25.9 Å². The predicted octanol–water partition coefficient (Wildman–Crippen LogP) is 7.14. The van der Waals surface area contributed by atoms with Crippen LogP contribution in [-0.4, -0.2) is 91.6 Å². The molecule has 4 aromatic rings. The third kappa shape index (κ3) is 8.05. The lowest BCUT2D eigenvalue weighted by Crippen LogP contribution is -2.43. The van der Waals surface area contributed by atoms with Gasteiger partial charge in [0.05, 0.1) is 69.0 Å². The van der Waals surface area contributed by atoms with Crippen LogP contribution in [-0.2, 0) is 41.7 Å². The average Bonchev–Trinajstić information content (AvgIpc) is 3.27. The monoisotopic (exact) mass is 806 g/mol. The minimum atomic E-state index is -0.364. The molecule has 0 aromatic heterocycles. The van der Waals surface area contributed by atoms with Gasteiger partial charge < -0.3 is 47.7 Å². The lowest BCUT2D eigenvalue weighted by Gasteiger charge is -2.39. The van der Waals surface area contributed by atoms with Crippen molar-refractivity contribution in [3.63, 3.8) is 0 Å². The van der Waals surface area contributed by atoms with E-state index in [-0.39, 0.29) is 36.7 Å². The lowest BCUT2D eigenvalue weighted by atomic mass is 9.86. The van der Waals surface area contributed by atoms with Crippen molar-refractivity contribution < 1.29 is 47.5 Å². The van der Waals surface area contributed by atoms with Crippen molar-refractivity contribution in [1.29, 1.82) is 0 Å². The molecule has 0 bridgehead atoms. The Morgan fingerprint density at radius 1 is 0.424 bits per heavy atom. The third-order valence-electron chi connectivity index (χ3n) is 12.0. The number of hydrogen-bond donors (Lipinski definition) is 0. The van der Waals surface area contributed by atoms with E-state index in [0.29, 0.717) is 91.2 Å². The van der Waals surface area contributed by atoms with Crippen molar-refractivity contribution in [2.75, 3.05) is 70.0 Å². The highest BCUT2D eigenvalue weighted by atomic mass is 16.5. The number of rotatable bonds is 8. The van der Waals surface area contributed by atoms with Gasteiger partial charge in [-0.25, -0.2) is 0 Å². The molecule has 0 unspecified atom stereocenters. The van der Waals surface area contributed by atoms with E-state index in [4.69, 9.17) is 37.9 Å². The molecule has 4 aromatic carbocycles. The van der Waals surface area contributed by atoms with Crippen LogP contribution in [0.15, 0.2) is 54.6 Å². The van der Waals surface area contributed by atoms with Crippen molar-refractivity contribution in [3.8, 4) is 46.0 Å². The van der Waals surface area contributed by atoms with E-state index in [2.05, 4.69) is 12.2 Å². The van der Waals surface area contributed by atoms with Crippen LogP contribution in [0.3, 0.4) is 0 Å². The van der Waals surface area contributed by atoms with Crippen LogP contribution >= 0.6 is 0 Å². The molecular formula is C47H54N2O10. The molecule has 12 heteroatoms. The van der Waals surface area contributed by atoms with E-state index < -0.39 is 0 Å². The maximum Gasteiger partial charge on any atom is 0.223 e. The van der Waals surface area contributed by atoms with E-state index in [1.165, 1.54) is 0 Å². The molecule has 59 heavy (non-hydrogen) atoms. The fraction of sp³-hybridized carbons (Fsp3) is 0.404. The Hall–Kier alpha value is -6.04. The highest BCUT2D eigenvalue weighted by molar-refractivity contribution is 5.85. The minimum Gasteiger partial charge on any atom is -0.493 e. The van der Waals surface area contributed by atoms with Gasteiger partial charge in [0.1, 0.15) is 0 Å². The smallest absolute Gasteiger partial charge is 0.223 e. The van der Waals surface area contributed by atoms with Crippen LogP contribution in [0.25, 0.3) is 6.08 Å². The first-order chi connectivity index (χ1) is 28.7. The van der Waals surface area contributed by atoms with Gasteiger partial charge in [-0.05, 0) is 125 Å². The van der Waals surface area contributed by atoms with Gasteiger partial charge in [0.25, 0.3) is 0 Å². The predicted molar refractivity (Wildman–Crippen MR) is 224 cm³/mol. The Morgan fingerprint density at radius 3 is 1.22 bits per heavy atom. The minimum absolute atomic E-state index is 0.0558. The molecule has 312 valence electrons. The molecule has 12 nitrogen and oxygen atoms in total. The molecule has 0 N–H and O–H groups in total. The summed E-state index contributed by atoms with van der Waals surface area (Å²) in [7, 11) is 13.0. The number of hydrogen-bond acceptors (Lipinski definition) is 10. The van der Waals surface area contributed by atoms with E-state index in [1.54, 1.807) is 56.9 Å². The second-order valence-corrected chi connectivity index (χ2v) is 14.9. The molecule has 7 rings (SSSR count). The zero-order valence-electron chi connectivity index (χ0n) is 35.3. The number of fused-ring (bicyclic) bond motifs is 8. The molecule has 0 fully saturated rings. The van der Waals surface area contributed by atoms with Crippen LogP contribution in [0.2, 0.25) is 0 Å². The topological polar surface area (TPSA) is 114 Å². The zero-order valence-corrected chi connectivity index (χ0v) is 35.3. The molecule has 0 spiro atoms. The molecule has 3 heterocycles. The second kappa shape index (κ2) is 17.8. The molecule has 0 saturated heterocycles. The number of nitrogens with zero attached hydrogens (tertiary/aromatic N) is 2. The normalized spacial score (nSPS) is 18.4. The van der Waals surface area contributed by atoms with E-state index in [1.807, 2.05) is 58.3 Å². The fourth-order valence-electron chi connectivity index (χ4n) is 8.94. The maximum atomic E-state index is 14.6. The van der Waals surface area contributed by atoms with Gasteiger partial charge >= 0.3 is 0 Å². The highest BCUT2D eigenvalue weighted by Gasteiger charge is 2.36. The summed E-state index contributed by atoms with van der Waals surface area (Å²) in [6, 6.07) is 15.3. The van der Waals surface area contributed by atoms with Crippen LogP contribution in [0, 0.1) is 0 Å². The fourth-order valence-corrected chi connectivity index (χ4v) is 8.94. The quantitative estimate of drug-likeness (QED) is 0.182. The van der Waals surface area contributed by atoms with Gasteiger partial charge in [-0.15, -0.1) is 0 Å². The molecule has 0 aliphatic carbocycles.